The largest absolute Gasteiger partial charge is 0.493 e. The summed E-state index contributed by atoms with van der Waals surface area (Å²) < 4.78 is 10.6. The molecule has 2 aromatic rings. The molecule has 2 aromatic carbocycles. The number of amides is 1. The minimum atomic E-state index is 0.0297. The number of nitrogens with zero attached hydrogens (tertiary/aromatic N) is 2. The lowest BCUT2D eigenvalue weighted by Crippen LogP contribution is -2.48. The van der Waals surface area contributed by atoms with Crippen molar-refractivity contribution in [2.45, 2.75) is 31.7 Å². The Morgan fingerprint density at radius 3 is 2.59 bits per heavy atom. The third-order valence-electron chi connectivity index (χ3n) is 5.76. The summed E-state index contributed by atoms with van der Waals surface area (Å²) >= 11 is 0. The van der Waals surface area contributed by atoms with Crippen molar-refractivity contribution in [1.82, 2.24) is 9.80 Å². The Labute approximate surface area is 174 Å². The predicted molar refractivity (Wildman–Crippen MR) is 116 cm³/mol. The highest BCUT2D eigenvalue weighted by molar-refractivity contribution is 5.95. The van der Waals surface area contributed by atoms with Crippen LogP contribution in [0.1, 0.15) is 35.2 Å². The van der Waals surface area contributed by atoms with Crippen LogP contribution < -0.4 is 9.47 Å². The van der Waals surface area contributed by atoms with Crippen LogP contribution >= 0.6 is 0 Å². The number of hydrogen-bond donors (Lipinski definition) is 0. The van der Waals surface area contributed by atoms with Gasteiger partial charge in [0.2, 0.25) is 0 Å². The van der Waals surface area contributed by atoms with Crippen molar-refractivity contribution < 1.29 is 14.3 Å². The Bertz CT molecular complexity index is 794. The smallest absolute Gasteiger partial charge is 0.254 e. The molecular formula is C24H32N2O3. The number of benzene rings is 2. The highest BCUT2D eigenvalue weighted by atomic mass is 16.5. The second-order valence-electron chi connectivity index (χ2n) is 7.67. The fraction of sp³-hybridized carbons (Fsp3) is 0.458. The van der Waals surface area contributed by atoms with Gasteiger partial charge in [-0.2, -0.15) is 0 Å². The van der Waals surface area contributed by atoms with Crippen LogP contribution in [0.3, 0.4) is 0 Å². The van der Waals surface area contributed by atoms with Gasteiger partial charge >= 0.3 is 0 Å². The molecule has 1 saturated heterocycles. The van der Waals surface area contributed by atoms with Crippen LogP contribution in [0.25, 0.3) is 0 Å². The van der Waals surface area contributed by atoms with Crippen molar-refractivity contribution >= 4 is 5.91 Å². The summed E-state index contributed by atoms with van der Waals surface area (Å²) in [6.45, 7) is 3.12. The molecular weight excluding hydrogens is 364 g/mol. The average Bonchev–Trinajstić information content (AvgIpc) is 2.78. The lowest BCUT2D eigenvalue weighted by Gasteiger charge is -2.37. The molecule has 1 amide bonds. The zero-order valence-corrected chi connectivity index (χ0v) is 17.8. The van der Waals surface area contributed by atoms with E-state index in [0.29, 0.717) is 17.1 Å². The second-order valence-corrected chi connectivity index (χ2v) is 7.67. The van der Waals surface area contributed by atoms with E-state index in [9.17, 15) is 4.79 Å². The van der Waals surface area contributed by atoms with E-state index in [1.54, 1.807) is 32.4 Å². The van der Waals surface area contributed by atoms with Crippen molar-refractivity contribution in [3.05, 3.63) is 59.7 Å². The number of rotatable bonds is 8. The van der Waals surface area contributed by atoms with E-state index in [2.05, 4.69) is 35.2 Å². The van der Waals surface area contributed by atoms with Crippen LogP contribution in [0, 0.1) is 0 Å². The third kappa shape index (κ3) is 5.51. The number of methoxy groups -OCH3 is 2. The summed E-state index contributed by atoms with van der Waals surface area (Å²) in [4.78, 5) is 17.4. The molecule has 0 radical (unpaired) electrons. The maximum atomic E-state index is 13.0. The van der Waals surface area contributed by atoms with Crippen LogP contribution in [0.2, 0.25) is 0 Å². The first-order valence-electron chi connectivity index (χ1n) is 10.4. The van der Waals surface area contributed by atoms with Gasteiger partial charge in [-0.15, -0.1) is 0 Å². The number of carbonyl (C=O) groups excluding carboxylic acids is 1. The fourth-order valence-electron chi connectivity index (χ4n) is 4.04. The maximum Gasteiger partial charge on any atom is 0.254 e. The van der Waals surface area contributed by atoms with Crippen molar-refractivity contribution in [3.8, 4) is 11.5 Å². The highest BCUT2D eigenvalue weighted by Crippen LogP contribution is 2.28. The van der Waals surface area contributed by atoms with Gasteiger partial charge in [-0.1, -0.05) is 30.3 Å². The molecule has 0 spiro atoms. The molecule has 156 valence electrons. The topological polar surface area (TPSA) is 42.0 Å². The summed E-state index contributed by atoms with van der Waals surface area (Å²) in [6.07, 6.45) is 4.41. The number of likely N-dealkylation sites (tertiary alicyclic amines) is 1. The second kappa shape index (κ2) is 10.3. The number of piperidine rings is 1. The van der Waals surface area contributed by atoms with Crippen LogP contribution in [0.4, 0.5) is 0 Å². The van der Waals surface area contributed by atoms with Crippen molar-refractivity contribution in [2.75, 3.05) is 40.9 Å². The molecule has 0 N–H and O–H groups in total. The Morgan fingerprint density at radius 1 is 1.10 bits per heavy atom. The molecule has 1 atom stereocenters. The van der Waals surface area contributed by atoms with Crippen LogP contribution in [-0.2, 0) is 6.42 Å². The van der Waals surface area contributed by atoms with Gasteiger partial charge in [-0.3, -0.25) is 4.79 Å². The Kier molecular flexibility index (Phi) is 7.53. The van der Waals surface area contributed by atoms with Crippen LogP contribution in [0.15, 0.2) is 48.5 Å². The van der Waals surface area contributed by atoms with E-state index in [1.807, 2.05) is 11.9 Å². The van der Waals surface area contributed by atoms with E-state index in [-0.39, 0.29) is 11.9 Å². The molecule has 0 aromatic heterocycles. The highest BCUT2D eigenvalue weighted by Gasteiger charge is 2.27. The summed E-state index contributed by atoms with van der Waals surface area (Å²) in [6, 6.07) is 16.2. The minimum Gasteiger partial charge on any atom is -0.493 e. The van der Waals surface area contributed by atoms with E-state index < -0.39 is 0 Å². The van der Waals surface area contributed by atoms with Crippen LogP contribution in [0.5, 0.6) is 11.5 Å². The molecule has 0 saturated carbocycles. The molecule has 1 heterocycles. The first-order valence-corrected chi connectivity index (χ1v) is 10.4. The van der Waals surface area contributed by atoms with Crippen molar-refractivity contribution in [1.29, 1.82) is 0 Å². The quantitative estimate of drug-likeness (QED) is 0.679. The molecule has 5 heteroatoms. The molecule has 0 bridgehead atoms. The van der Waals surface area contributed by atoms with Gasteiger partial charge < -0.3 is 19.3 Å². The van der Waals surface area contributed by atoms with Crippen LogP contribution in [-0.4, -0.2) is 62.7 Å². The first kappa shape index (κ1) is 21.2. The van der Waals surface area contributed by atoms with E-state index in [4.69, 9.17) is 9.47 Å². The maximum absolute atomic E-state index is 13.0. The van der Waals surface area contributed by atoms with Gasteiger partial charge in [-0.05, 0) is 62.5 Å². The SMILES string of the molecule is COc1ccc(C(=O)N(C)[C@H]2CCCN(CCCc3ccccc3)C2)cc1OC. The lowest BCUT2D eigenvalue weighted by molar-refractivity contribution is 0.0616. The summed E-state index contributed by atoms with van der Waals surface area (Å²) in [5.41, 5.74) is 2.02. The molecule has 1 fully saturated rings. The first-order chi connectivity index (χ1) is 14.1. The van der Waals surface area contributed by atoms with Crippen molar-refractivity contribution in [3.63, 3.8) is 0 Å². The number of hydrogen-bond acceptors (Lipinski definition) is 4. The normalized spacial score (nSPS) is 17.0. The third-order valence-corrected chi connectivity index (χ3v) is 5.76. The van der Waals surface area contributed by atoms with Gasteiger partial charge in [0.15, 0.2) is 11.5 Å². The minimum absolute atomic E-state index is 0.0297. The van der Waals surface area contributed by atoms with Gasteiger partial charge in [0.25, 0.3) is 5.91 Å². The molecule has 29 heavy (non-hydrogen) atoms. The van der Waals surface area contributed by atoms with E-state index in [0.717, 1.165) is 45.3 Å². The molecule has 0 unspecified atom stereocenters. The Hall–Kier alpha value is -2.53. The van der Waals surface area contributed by atoms with E-state index >= 15 is 0 Å². The number of likely N-dealkylation sites (N-methyl/N-ethyl adjacent to an activating group) is 1. The molecule has 3 rings (SSSR count). The van der Waals surface area contributed by atoms with Gasteiger partial charge in [0.05, 0.1) is 14.2 Å². The summed E-state index contributed by atoms with van der Waals surface area (Å²) in [7, 11) is 5.10. The number of carbonyl (C=O) groups is 1. The number of ether oxygens (including phenoxy) is 2. The van der Waals surface area contributed by atoms with Crippen molar-refractivity contribution in [2.24, 2.45) is 0 Å². The zero-order chi connectivity index (χ0) is 20.6. The molecule has 0 aliphatic carbocycles. The zero-order valence-electron chi connectivity index (χ0n) is 17.8. The Balaban J connectivity index is 1.56. The summed E-state index contributed by atoms with van der Waals surface area (Å²) in [5.74, 6) is 1.24. The average molecular weight is 397 g/mol. The molecule has 1 aliphatic heterocycles. The predicted octanol–water partition coefficient (Wildman–Crippen LogP) is 3.87. The summed E-state index contributed by atoms with van der Waals surface area (Å²) in [5, 5.41) is 0. The molecule has 1 aliphatic rings. The standard InChI is InChI=1S/C24H32N2O3/c1-25(24(27)20-13-14-22(28-2)23(17-20)29-3)21-12-8-16-26(18-21)15-7-11-19-9-5-4-6-10-19/h4-6,9-10,13-14,17,21H,7-8,11-12,15-16,18H2,1-3H3/t21-/m0/s1. The van der Waals surface area contributed by atoms with E-state index in [1.165, 1.54) is 5.56 Å². The van der Waals surface area contributed by atoms with Gasteiger partial charge in [0.1, 0.15) is 0 Å². The molecule has 5 nitrogen and oxygen atoms in total. The van der Waals surface area contributed by atoms with Gasteiger partial charge in [0, 0.05) is 25.2 Å². The lowest BCUT2D eigenvalue weighted by atomic mass is 10.0. The van der Waals surface area contributed by atoms with Gasteiger partial charge in [-0.25, -0.2) is 0 Å². The Morgan fingerprint density at radius 2 is 1.86 bits per heavy atom. The fourth-order valence-corrected chi connectivity index (χ4v) is 4.04. The number of aryl methyl sites for hydroxylation is 1. The monoisotopic (exact) mass is 396 g/mol.